The predicted molar refractivity (Wildman–Crippen MR) is 119 cm³/mol. The van der Waals surface area contributed by atoms with E-state index in [2.05, 4.69) is 28.7 Å². The van der Waals surface area contributed by atoms with Crippen LogP contribution in [-0.2, 0) is 4.79 Å². The summed E-state index contributed by atoms with van der Waals surface area (Å²) >= 11 is 0. The van der Waals surface area contributed by atoms with Gasteiger partial charge in [-0.15, -0.1) is 0 Å². The van der Waals surface area contributed by atoms with E-state index < -0.39 is 5.54 Å². The van der Waals surface area contributed by atoms with Gasteiger partial charge in [0.2, 0.25) is 5.95 Å². The van der Waals surface area contributed by atoms with E-state index in [1.54, 1.807) is 29.4 Å². The quantitative estimate of drug-likeness (QED) is 0.627. The Labute approximate surface area is 185 Å². The number of carbonyl (C=O) groups is 1. The molecule has 8 heteroatoms. The number of amides is 1. The molecule has 3 aliphatic rings. The molecule has 1 aliphatic heterocycles. The normalized spacial score (nSPS) is 25.2. The average molecular weight is 433 g/mol. The molecule has 7 nitrogen and oxygen atoms in total. The molecule has 2 aliphatic carbocycles. The largest absolute Gasteiger partial charge is 0.337 e. The summed E-state index contributed by atoms with van der Waals surface area (Å²) in [5.41, 5.74) is 1.00. The molecule has 0 saturated heterocycles. The molecule has 3 atom stereocenters. The van der Waals surface area contributed by atoms with Gasteiger partial charge in [-0.2, -0.15) is 4.98 Å². The fourth-order valence-electron chi connectivity index (χ4n) is 5.24. The van der Waals surface area contributed by atoms with E-state index in [1.165, 1.54) is 25.0 Å². The molecule has 3 aromatic rings. The number of nitrogens with zero attached hydrogens (tertiary/aromatic N) is 6. The minimum Gasteiger partial charge on any atom is -0.337 e. The van der Waals surface area contributed by atoms with E-state index in [1.807, 2.05) is 17.8 Å². The topological polar surface area (TPSA) is 67.2 Å². The van der Waals surface area contributed by atoms with Gasteiger partial charge >= 0.3 is 0 Å². The molecular formula is C24H25FN6O. The zero-order valence-electron chi connectivity index (χ0n) is 18.4. The average Bonchev–Trinajstić information content (AvgIpc) is 3.70. The molecule has 0 bridgehead atoms. The number of rotatable bonds is 4. The van der Waals surface area contributed by atoms with Gasteiger partial charge < -0.3 is 9.80 Å². The van der Waals surface area contributed by atoms with E-state index in [0.717, 1.165) is 23.5 Å². The maximum atomic E-state index is 13.4. The van der Waals surface area contributed by atoms with Crippen molar-refractivity contribution in [3.05, 3.63) is 48.7 Å². The van der Waals surface area contributed by atoms with Gasteiger partial charge in [-0.1, -0.05) is 6.92 Å². The lowest BCUT2D eigenvalue weighted by atomic mass is 10.0. The van der Waals surface area contributed by atoms with Crippen LogP contribution in [0.1, 0.15) is 33.1 Å². The maximum Gasteiger partial charge on any atom is 0.253 e. The Bertz CT molecular complexity index is 1220. The molecule has 2 fully saturated rings. The minimum atomic E-state index is -0.510. The molecule has 2 saturated carbocycles. The Morgan fingerprint density at radius 2 is 1.91 bits per heavy atom. The molecule has 1 aromatic carbocycles. The first-order valence-corrected chi connectivity index (χ1v) is 11.2. The van der Waals surface area contributed by atoms with Gasteiger partial charge in [-0.05, 0) is 62.3 Å². The molecule has 3 heterocycles. The molecule has 1 unspecified atom stereocenters. The standard InChI is InChI=1S/C24H25FN6O/c1-14-12-24(14)22(32)29(3)19-13-27-23(28-21(19)31(24)15(2)16-4-5-16)30-11-10-26-20(30)17-6-8-18(25)9-7-17/h6-11,13-16H,4-5,12H2,1-3H3/t14-,15?,24-/m0/s1. The molecule has 1 spiro atoms. The van der Waals surface area contributed by atoms with Crippen molar-refractivity contribution in [2.24, 2.45) is 11.8 Å². The number of benzene rings is 1. The zero-order valence-corrected chi connectivity index (χ0v) is 18.4. The first kappa shape index (κ1) is 19.4. The van der Waals surface area contributed by atoms with Crippen molar-refractivity contribution in [1.82, 2.24) is 19.5 Å². The second kappa shape index (κ2) is 6.60. The van der Waals surface area contributed by atoms with Gasteiger partial charge in [-0.25, -0.2) is 14.4 Å². The van der Waals surface area contributed by atoms with Crippen LogP contribution >= 0.6 is 0 Å². The second-order valence-electron chi connectivity index (χ2n) is 9.35. The van der Waals surface area contributed by atoms with E-state index in [9.17, 15) is 9.18 Å². The third kappa shape index (κ3) is 2.64. The summed E-state index contributed by atoms with van der Waals surface area (Å²) < 4.78 is 15.2. The van der Waals surface area contributed by atoms with Crippen molar-refractivity contribution in [2.75, 3.05) is 16.8 Å². The van der Waals surface area contributed by atoms with E-state index in [-0.39, 0.29) is 23.7 Å². The molecule has 32 heavy (non-hydrogen) atoms. The third-order valence-corrected chi connectivity index (χ3v) is 7.37. The van der Waals surface area contributed by atoms with Gasteiger partial charge in [0.1, 0.15) is 22.9 Å². The van der Waals surface area contributed by atoms with E-state index >= 15 is 0 Å². The Morgan fingerprint density at radius 1 is 1.19 bits per heavy atom. The molecule has 6 rings (SSSR count). The number of anilines is 2. The van der Waals surface area contributed by atoms with Gasteiger partial charge in [0.15, 0.2) is 5.82 Å². The van der Waals surface area contributed by atoms with Crippen molar-refractivity contribution in [3.63, 3.8) is 0 Å². The van der Waals surface area contributed by atoms with Crippen molar-refractivity contribution in [2.45, 2.75) is 44.7 Å². The summed E-state index contributed by atoms with van der Waals surface area (Å²) in [4.78, 5) is 31.4. The number of imidazole rings is 1. The van der Waals surface area contributed by atoms with Crippen LogP contribution in [0.4, 0.5) is 15.9 Å². The monoisotopic (exact) mass is 432 g/mol. The number of hydrogen-bond acceptors (Lipinski definition) is 5. The van der Waals surface area contributed by atoms with Crippen molar-refractivity contribution < 1.29 is 9.18 Å². The SMILES string of the molecule is CC(C1CC1)N1c2nc(-n3ccnc3-c3ccc(F)cc3)ncc2N(C)C(=O)[C@@]12C[C@@H]2C. The lowest BCUT2D eigenvalue weighted by Gasteiger charge is -2.45. The first-order valence-electron chi connectivity index (χ1n) is 11.2. The molecule has 0 N–H and O–H groups in total. The number of aromatic nitrogens is 4. The molecular weight excluding hydrogens is 407 g/mol. The Kier molecular flexibility index (Phi) is 4.00. The summed E-state index contributed by atoms with van der Waals surface area (Å²) in [6.45, 7) is 4.36. The second-order valence-corrected chi connectivity index (χ2v) is 9.35. The maximum absolute atomic E-state index is 13.4. The van der Waals surface area contributed by atoms with Gasteiger partial charge in [0.05, 0.1) is 6.20 Å². The number of likely N-dealkylation sites (N-methyl/N-ethyl adjacent to an activating group) is 1. The third-order valence-electron chi connectivity index (χ3n) is 7.37. The highest BCUT2D eigenvalue weighted by molar-refractivity contribution is 6.09. The summed E-state index contributed by atoms with van der Waals surface area (Å²) in [6.07, 6.45) is 8.45. The van der Waals surface area contributed by atoms with Crippen molar-refractivity contribution in [1.29, 1.82) is 0 Å². The van der Waals surface area contributed by atoms with Crippen LogP contribution in [0.2, 0.25) is 0 Å². The number of carbonyl (C=O) groups excluding carboxylic acids is 1. The smallest absolute Gasteiger partial charge is 0.253 e. The molecule has 164 valence electrons. The number of halogens is 1. The van der Waals surface area contributed by atoms with Crippen molar-refractivity contribution >= 4 is 17.4 Å². The number of hydrogen-bond donors (Lipinski definition) is 0. The van der Waals surface area contributed by atoms with Crippen LogP contribution in [0.15, 0.2) is 42.9 Å². The van der Waals surface area contributed by atoms with Crippen LogP contribution in [0.5, 0.6) is 0 Å². The fraction of sp³-hybridized carbons (Fsp3) is 0.417. The van der Waals surface area contributed by atoms with Gasteiger partial charge in [0, 0.05) is 31.0 Å². The zero-order chi connectivity index (χ0) is 22.2. The van der Waals surface area contributed by atoms with Crippen LogP contribution < -0.4 is 9.80 Å². The predicted octanol–water partition coefficient (Wildman–Crippen LogP) is 3.83. The van der Waals surface area contributed by atoms with Crippen LogP contribution in [0.25, 0.3) is 17.3 Å². The minimum absolute atomic E-state index is 0.135. The van der Waals surface area contributed by atoms with Gasteiger partial charge in [-0.3, -0.25) is 9.36 Å². The lowest BCUT2D eigenvalue weighted by Crippen LogP contribution is -2.59. The highest BCUT2D eigenvalue weighted by Gasteiger charge is 2.67. The Balaban J connectivity index is 1.49. The van der Waals surface area contributed by atoms with Crippen molar-refractivity contribution in [3.8, 4) is 17.3 Å². The molecule has 2 aromatic heterocycles. The number of fused-ring (bicyclic) bond motifs is 1. The van der Waals surface area contributed by atoms with E-state index in [4.69, 9.17) is 4.98 Å². The molecule has 1 amide bonds. The van der Waals surface area contributed by atoms with Gasteiger partial charge in [0.25, 0.3) is 5.91 Å². The highest BCUT2D eigenvalue weighted by atomic mass is 19.1. The lowest BCUT2D eigenvalue weighted by molar-refractivity contribution is -0.121. The van der Waals surface area contributed by atoms with Crippen LogP contribution in [0, 0.1) is 17.7 Å². The summed E-state index contributed by atoms with van der Waals surface area (Å²) in [5.74, 6) is 2.65. The first-order chi connectivity index (χ1) is 15.4. The van der Waals surface area contributed by atoms with Crippen LogP contribution in [0.3, 0.4) is 0 Å². The Morgan fingerprint density at radius 3 is 2.56 bits per heavy atom. The fourth-order valence-corrected chi connectivity index (χ4v) is 5.24. The molecule has 0 radical (unpaired) electrons. The summed E-state index contributed by atoms with van der Waals surface area (Å²) in [5, 5.41) is 0. The van der Waals surface area contributed by atoms with Crippen LogP contribution in [-0.4, -0.2) is 44.1 Å². The Hall–Kier alpha value is -3.29. The highest BCUT2D eigenvalue weighted by Crippen LogP contribution is 2.57. The van der Waals surface area contributed by atoms with E-state index in [0.29, 0.717) is 17.7 Å². The summed E-state index contributed by atoms with van der Waals surface area (Å²) in [6, 6.07) is 6.46. The summed E-state index contributed by atoms with van der Waals surface area (Å²) in [7, 11) is 1.82.